The number of carboxylic acid groups (broad SMARTS) is 2. The Bertz CT molecular complexity index is 571. The minimum atomic E-state index is -0.835. The van der Waals surface area contributed by atoms with Crippen molar-refractivity contribution < 1.29 is 30.0 Å². The van der Waals surface area contributed by atoms with Crippen molar-refractivity contribution in [2.45, 2.75) is 168 Å². The van der Waals surface area contributed by atoms with Gasteiger partial charge in [-0.15, -0.1) is 0 Å². The Morgan fingerprint density at radius 3 is 0.955 bits per heavy atom. The van der Waals surface area contributed by atoms with Gasteiger partial charge in [-0.2, -0.15) is 0 Å². The van der Waals surface area contributed by atoms with Crippen molar-refractivity contribution in [3.05, 3.63) is 24.3 Å². The zero-order valence-corrected chi connectivity index (χ0v) is 29.2. The Morgan fingerprint density at radius 1 is 0.477 bits per heavy atom. The molecule has 0 aliphatic heterocycles. The normalized spacial score (nSPS) is 11.0. The van der Waals surface area contributed by atoms with Crippen LogP contribution in [0.1, 0.15) is 168 Å². The van der Waals surface area contributed by atoms with E-state index in [-0.39, 0.29) is 13.2 Å². The summed E-state index contributed by atoms with van der Waals surface area (Å²) in [6, 6.07) is 0. The fourth-order valence-electron chi connectivity index (χ4n) is 4.67. The molecule has 7 heteroatoms. The minimum absolute atomic E-state index is 0.163. The number of aliphatic carboxylic acids is 2. The van der Waals surface area contributed by atoms with E-state index in [1.54, 1.807) is 12.2 Å². The van der Waals surface area contributed by atoms with Crippen LogP contribution >= 0.6 is 0 Å². The van der Waals surface area contributed by atoms with E-state index < -0.39 is 11.9 Å². The van der Waals surface area contributed by atoms with E-state index in [2.05, 4.69) is 13.8 Å². The van der Waals surface area contributed by atoms with Crippen LogP contribution in [-0.4, -0.2) is 70.6 Å². The van der Waals surface area contributed by atoms with E-state index in [4.69, 9.17) is 20.4 Å². The maximum atomic E-state index is 10.2. The van der Waals surface area contributed by atoms with Gasteiger partial charge in [-0.25, -0.2) is 9.59 Å². The van der Waals surface area contributed by atoms with Gasteiger partial charge in [0, 0.05) is 25.2 Å². The number of likely N-dealkylation sites (N-methyl/N-ethyl adjacent to an activating group) is 1. The third-order valence-corrected chi connectivity index (χ3v) is 7.43. The third-order valence-electron chi connectivity index (χ3n) is 7.43. The van der Waals surface area contributed by atoms with E-state index in [1.807, 2.05) is 11.9 Å². The molecule has 0 aromatic heterocycles. The topological polar surface area (TPSA) is 118 Å². The highest BCUT2D eigenvalue weighted by Crippen LogP contribution is 2.13. The summed E-state index contributed by atoms with van der Waals surface area (Å²) in [5.74, 6) is -1.67. The second-order valence-corrected chi connectivity index (χ2v) is 11.9. The number of rotatable bonds is 30. The molecule has 44 heavy (non-hydrogen) atoms. The van der Waals surface area contributed by atoms with Crippen LogP contribution in [0.5, 0.6) is 0 Å². The van der Waals surface area contributed by atoms with E-state index in [9.17, 15) is 9.59 Å². The number of nitrogens with zero attached hydrogens (tertiary/aromatic N) is 1. The summed E-state index contributed by atoms with van der Waals surface area (Å²) >= 11 is 0. The van der Waals surface area contributed by atoms with E-state index in [1.165, 1.54) is 141 Å². The average molecular weight is 628 g/mol. The van der Waals surface area contributed by atoms with Crippen molar-refractivity contribution in [3.8, 4) is 0 Å². The van der Waals surface area contributed by atoms with E-state index in [0.29, 0.717) is 13.1 Å². The maximum Gasteiger partial charge on any atom is 0.327 e. The van der Waals surface area contributed by atoms with E-state index in [0.717, 1.165) is 25.7 Å². The minimum Gasteiger partial charge on any atom is -0.478 e. The molecule has 4 N–H and O–H groups in total. The Hall–Kier alpha value is -1.70. The summed E-state index contributed by atoms with van der Waals surface area (Å²) in [5.41, 5.74) is 0. The van der Waals surface area contributed by atoms with Crippen LogP contribution in [0.15, 0.2) is 24.3 Å². The highest BCUT2D eigenvalue weighted by molar-refractivity contribution is 5.79. The van der Waals surface area contributed by atoms with Gasteiger partial charge >= 0.3 is 11.9 Å². The van der Waals surface area contributed by atoms with Crippen LogP contribution in [0, 0.1) is 0 Å². The maximum absolute atomic E-state index is 10.2. The smallest absolute Gasteiger partial charge is 0.327 e. The van der Waals surface area contributed by atoms with Crippen molar-refractivity contribution >= 4 is 11.9 Å². The summed E-state index contributed by atoms with van der Waals surface area (Å²) in [6.07, 6.45) is 37.3. The van der Waals surface area contributed by atoms with Gasteiger partial charge in [-0.1, -0.05) is 154 Å². The first-order chi connectivity index (χ1) is 21.3. The predicted molar refractivity (Wildman–Crippen MR) is 187 cm³/mol. The Labute approximate surface area is 272 Å². The van der Waals surface area contributed by atoms with E-state index >= 15 is 0 Å². The molecule has 0 saturated carbocycles. The van der Waals surface area contributed by atoms with Crippen molar-refractivity contribution in [1.82, 2.24) is 4.90 Å². The first kappa shape index (κ1) is 46.7. The third kappa shape index (κ3) is 52.9. The van der Waals surface area contributed by atoms with Gasteiger partial charge in [-0.3, -0.25) is 0 Å². The molecule has 7 nitrogen and oxygen atoms in total. The summed E-state index contributed by atoms with van der Waals surface area (Å²) in [5, 5.41) is 33.5. The van der Waals surface area contributed by atoms with Gasteiger partial charge in [0.1, 0.15) is 0 Å². The van der Waals surface area contributed by atoms with Crippen LogP contribution in [0.25, 0.3) is 0 Å². The number of hydrogen-bond acceptors (Lipinski definition) is 5. The molecule has 0 aromatic rings. The standard InChI is InChI=1S/2C16H30O2.C5H13NO2/c2*1-2-3-4-5-6-7-8-9-10-11-12-13-14-15-16(17)18;1-6(2-4-7)3-5-8/h2*14-15H,2-13H2,1H3,(H,17,18);7-8H,2-5H2,1H3. The molecule has 0 bridgehead atoms. The summed E-state index contributed by atoms with van der Waals surface area (Å²) in [7, 11) is 1.85. The van der Waals surface area contributed by atoms with Crippen LogP contribution < -0.4 is 0 Å². The van der Waals surface area contributed by atoms with Gasteiger partial charge in [0.05, 0.1) is 13.2 Å². The van der Waals surface area contributed by atoms with Crippen LogP contribution in [0.3, 0.4) is 0 Å². The molecule has 0 atom stereocenters. The number of carboxylic acids is 2. The first-order valence-electron chi connectivity index (χ1n) is 18.0. The Morgan fingerprint density at radius 2 is 0.727 bits per heavy atom. The lowest BCUT2D eigenvalue weighted by Gasteiger charge is -2.11. The summed E-state index contributed by atoms with van der Waals surface area (Å²) in [6.45, 7) is 6.12. The fraction of sp³-hybridized carbons (Fsp3) is 0.838. The molecular formula is C37H73NO6. The summed E-state index contributed by atoms with van der Waals surface area (Å²) in [4.78, 5) is 22.3. The predicted octanol–water partition coefficient (Wildman–Crippen LogP) is 9.56. The number of hydrogen-bond donors (Lipinski definition) is 4. The number of allylic oxidation sites excluding steroid dienone is 2. The highest BCUT2D eigenvalue weighted by Gasteiger charge is 1.94. The van der Waals surface area contributed by atoms with Crippen LogP contribution in [0.2, 0.25) is 0 Å². The molecule has 0 fully saturated rings. The highest BCUT2D eigenvalue weighted by atomic mass is 16.4. The lowest BCUT2D eigenvalue weighted by atomic mass is 10.1. The molecule has 0 aliphatic carbocycles. The van der Waals surface area contributed by atoms with Crippen molar-refractivity contribution in [2.24, 2.45) is 0 Å². The molecule has 0 heterocycles. The molecule has 0 rings (SSSR count). The molecule has 0 radical (unpaired) electrons. The Balaban J connectivity index is -0.000000616. The lowest BCUT2D eigenvalue weighted by molar-refractivity contribution is -0.132. The zero-order chi connectivity index (χ0) is 33.4. The number of unbranched alkanes of at least 4 members (excludes halogenated alkanes) is 22. The van der Waals surface area contributed by atoms with Crippen LogP contribution in [0.4, 0.5) is 0 Å². The SMILES string of the molecule is CCCCCCCCCCCCCC=CC(=O)O.CCCCCCCCCCCCCC=CC(=O)O.CN(CCO)CCO. The van der Waals surface area contributed by atoms with Gasteiger partial charge in [0.25, 0.3) is 0 Å². The van der Waals surface area contributed by atoms with Gasteiger partial charge in [0.2, 0.25) is 0 Å². The van der Waals surface area contributed by atoms with Gasteiger partial charge in [-0.05, 0) is 32.7 Å². The second-order valence-electron chi connectivity index (χ2n) is 11.9. The van der Waals surface area contributed by atoms with Crippen molar-refractivity contribution in [1.29, 1.82) is 0 Å². The molecular weight excluding hydrogens is 554 g/mol. The van der Waals surface area contributed by atoms with Gasteiger partial charge in [0.15, 0.2) is 0 Å². The number of carbonyl (C=O) groups is 2. The first-order valence-corrected chi connectivity index (χ1v) is 18.0. The fourth-order valence-corrected chi connectivity index (χ4v) is 4.67. The number of aliphatic hydroxyl groups is 2. The molecule has 0 unspecified atom stereocenters. The molecule has 0 amide bonds. The van der Waals surface area contributed by atoms with Crippen LogP contribution in [-0.2, 0) is 9.59 Å². The Kier molecular flexibility index (Phi) is 46.1. The van der Waals surface area contributed by atoms with Gasteiger partial charge < -0.3 is 25.3 Å². The molecule has 262 valence electrons. The second kappa shape index (κ2) is 43.4. The number of aliphatic hydroxyl groups excluding tert-OH is 2. The van der Waals surface area contributed by atoms with Crippen molar-refractivity contribution in [3.63, 3.8) is 0 Å². The monoisotopic (exact) mass is 628 g/mol. The zero-order valence-electron chi connectivity index (χ0n) is 29.2. The summed E-state index contributed by atoms with van der Waals surface area (Å²) < 4.78 is 0. The van der Waals surface area contributed by atoms with Crippen molar-refractivity contribution in [2.75, 3.05) is 33.4 Å². The lowest BCUT2D eigenvalue weighted by Crippen LogP contribution is -2.25. The largest absolute Gasteiger partial charge is 0.478 e. The molecule has 0 aromatic carbocycles. The molecule has 0 spiro atoms. The average Bonchev–Trinajstić information content (AvgIpc) is 2.98. The quantitative estimate of drug-likeness (QED) is 0.0462. The molecule has 0 saturated heterocycles. The molecule has 0 aliphatic rings.